The summed E-state index contributed by atoms with van der Waals surface area (Å²) in [7, 11) is 0. The largest absolute Gasteiger partial charge is 0.312 e. The second-order valence-electron chi connectivity index (χ2n) is 3.29. The van der Waals surface area contributed by atoms with Gasteiger partial charge in [0.05, 0.1) is 1.37 Å². The van der Waals surface area contributed by atoms with Gasteiger partial charge in [0.25, 0.3) is 0 Å². The van der Waals surface area contributed by atoms with Crippen LogP contribution in [0.2, 0.25) is 0 Å². The van der Waals surface area contributed by atoms with Crippen LogP contribution in [-0.4, -0.2) is 6.54 Å². The van der Waals surface area contributed by atoms with Gasteiger partial charge in [-0.1, -0.05) is 50.6 Å². The van der Waals surface area contributed by atoms with Crippen molar-refractivity contribution >= 4 is 0 Å². The summed E-state index contributed by atoms with van der Waals surface area (Å²) in [5.41, 5.74) is 1.03. The Kier molecular flexibility index (Phi) is 3.36. The van der Waals surface area contributed by atoms with Gasteiger partial charge in [-0.05, 0) is 18.0 Å². The zero-order chi connectivity index (χ0) is 11.1. The van der Waals surface area contributed by atoms with Crippen LogP contribution in [0.1, 0.15) is 28.5 Å². The lowest BCUT2D eigenvalue weighted by Gasteiger charge is -2.09. The molecule has 0 bridgehead atoms. The van der Waals surface area contributed by atoms with E-state index in [4.69, 9.17) is 2.74 Å². The Morgan fingerprint density at radius 1 is 1.54 bits per heavy atom. The average Bonchev–Trinajstić information content (AvgIpc) is 2.27. The predicted molar refractivity (Wildman–Crippen MR) is 57.6 cm³/mol. The second kappa shape index (κ2) is 5.76. The molecule has 0 aliphatic carbocycles. The van der Waals surface area contributed by atoms with Crippen LogP contribution in [0.15, 0.2) is 30.3 Å². The molecule has 1 unspecified atom stereocenters. The molecular weight excluding hydrogens is 158 g/mol. The maximum absolute atomic E-state index is 7.67. The highest BCUT2D eigenvalue weighted by atomic mass is 14.8. The first-order chi connectivity index (χ1) is 7.27. The highest BCUT2D eigenvalue weighted by molar-refractivity contribution is 5.14. The molecule has 1 aromatic carbocycles. The molecule has 1 nitrogen and oxygen atoms in total. The van der Waals surface area contributed by atoms with E-state index < -0.39 is 0 Å². The molecule has 0 amide bonds. The van der Waals surface area contributed by atoms with Gasteiger partial charge in [0.15, 0.2) is 0 Å². The van der Waals surface area contributed by atoms with Crippen LogP contribution in [0.4, 0.5) is 0 Å². The summed E-state index contributed by atoms with van der Waals surface area (Å²) in [6.07, 6.45) is 1.04. The summed E-state index contributed by atoms with van der Waals surface area (Å²) in [4.78, 5) is 0. The molecule has 1 aromatic rings. The molecule has 0 saturated heterocycles. The summed E-state index contributed by atoms with van der Waals surface area (Å²) in [6, 6.07) is 8.20. The number of benzene rings is 1. The van der Waals surface area contributed by atoms with Crippen molar-refractivity contribution in [1.29, 1.82) is 0 Å². The highest BCUT2D eigenvalue weighted by Gasteiger charge is 1.96. The summed E-state index contributed by atoms with van der Waals surface area (Å²) in [5.74, 6) is 0.433. The minimum Gasteiger partial charge on any atom is -0.312 e. The number of hydrogen-bond donors (Lipinski definition) is 1. The number of nitrogens with one attached hydrogen (secondary N) is 1. The summed E-state index contributed by atoms with van der Waals surface area (Å²) in [5, 5.41) is 3.30. The first-order valence-corrected chi connectivity index (χ1v) is 4.82. The van der Waals surface area contributed by atoms with Crippen LogP contribution >= 0.6 is 0 Å². The standard InChI is InChI=1S/C12H19N/c1-3-11(2)9-13-10-12-7-5-4-6-8-12/h4-8,11,13H,3,9-10H2,1-2H3/i2D,7D. The van der Waals surface area contributed by atoms with E-state index in [1.54, 1.807) is 6.07 Å². The topological polar surface area (TPSA) is 12.0 Å². The molecule has 0 aromatic heterocycles. The molecule has 1 atom stereocenters. The van der Waals surface area contributed by atoms with Crippen molar-refractivity contribution in [3.63, 3.8) is 0 Å². The zero-order valence-corrected chi connectivity index (χ0v) is 8.22. The Balaban J connectivity index is 2.34. The SMILES string of the molecule is [2H]CC(CC)CNCc1ccccc1[2H]. The summed E-state index contributed by atoms with van der Waals surface area (Å²) >= 11 is 0. The molecule has 0 fully saturated rings. The van der Waals surface area contributed by atoms with E-state index in [1.807, 2.05) is 18.2 Å². The van der Waals surface area contributed by atoms with E-state index in [2.05, 4.69) is 12.2 Å². The van der Waals surface area contributed by atoms with Crippen LogP contribution in [0.5, 0.6) is 0 Å². The van der Waals surface area contributed by atoms with Gasteiger partial charge in [-0.2, -0.15) is 0 Å². The van der Waals surface area contributed by atoms with Crippen molar-refractivity contribution in [2.45, 2.75) is 26.8 Å². The van der Waals surface area contributed by atoms with E-state index in [9.17, 15) is 0 Å². The molecule has 13 heavy (non-hydrogen) atoms. The molecule has 1 rings (SSSR count). The molecule has 72 valence electrons. The van der Waals surface area contributed by atoms with Crippen molar-refractivity contribution in [2.24, 2.45) is 5.92 Å². The van der Waals surface area contributed by atoms with Crippen LogP contribution in [0.25, 0.3) is 0 Å². The van der Waals surface area contributed by atoms with Crippen molar-refractivity contribution in [1.82, 2.24) is 5.32 Å². The average molecular weight is 179 g/mol. The van der Waals surface area contributed by atoms with Gasteiger partial charge in [0, 0.05) is 7.92 Å². The van der Waals surface area contributed by atoms with Crippen molar-refractivity contribution in [3.8, 4) is 0 Å². The van der Waals surface area contributed by atoms with E-state index in [-0.39, 0.29) is 0 Å². The lowest BCUT2D eigenvalue weighted by molar-refractivity contribution is 0.500. The molecule has 0 radical (unpaired) electrons. The lowest BCUT2D eigenvalue weighted by Crippen LogP contribution is -2.20. The van der Waals surface area contributed by atoms with Gasteiger partial charge in [-0.3, -0.25) is 0 Å². The first kappa shape index (κ1) is 7.57. The molecule has 1 N–H and O–H groups in total. The van der Waals surface area contributed by atoms with Crippen LogP contribution < -0.4 is 5.32 Å². The third-order valence-electron chi connectivity index (χ3n) is 2.10. The minimum absolute atomic E-state index is 0.433. The maximum atomic E-state index is 7.67. The monoisotopic (exact) mass is 179 g/mol. The Hall–Kier alpha value is -0.820. The summed E-state index contributed by atoms with van der Waals surface area (Å²) < 4.78 is 15.0. The van der Waals surface area contributed by atoms with Gasteiger partial charge in [0.2, 0.25) is 0 Å². The van der Waals surface area contributed by atoms with E-state index in [1.165, 1.54) is 0 Å². The zero-order valence-electron chi connectivity index (χ0n) is 10.2. The fourth-order valence-electron chi connectivity index (χ4n) is 1.10. The molecule has 0 spiro atoms. The first-order valence-electron chi connectivity index (χ1n) is 6.03. The van der Waals surface area contributed by atoms with Crippen LogP contribution in [-0.2, 0) is 6.54 Å². The third kappa shape index (κ3) is 4.09. The molecule has 0 heterocycles. The Labute approximate surface area is 84.0 Å². The number of rotatable bonds is 5. The van der Waals surface area contributed by atoms with Crippen LogP contribution in [0, 0.1) is 5.92 Å². The minimum atomic E-state index is 0.433. The van der Waals surface area contributed by atoms with Crippen LogP contribution in [0.3, 0.4) is 0 Å². The Bertz CT molecular complexity index is 285. The third-order valence-corrected chi connectivity index (χ3v) is 2.10. The van der Waals surface area contributed by atoms with Gasteiger partial charge < -0.3 is 5.32 Å². The maximum Gasteiger partial charge on any atom is 0.0626 e. The predicted octanol–water partition coefficient (Wildman–Crippen LogP) is 2.82. The van der Waals surface area contributed by atoms with Gasteiger partial charge in [-0.25, -0.2) is 0 Å². The molecule has 1 heteroatoms. The quantitative estimate of drug-likeness (QED) is 0.733. The molecular formula is C12H19N. The van der Waals surface area contributed by atoms with E-state index in [0.717, 1.165) is 25.1 Å². The second-order valence-corrected chi connectivity index (χ2v) is 3.29. The number of hydrogen-bond acceptors (Lipinski definition) is 1. The van der Waals surface area contributed by atoms with Gasteiger partial charge >= 0.3 is 0 Å². The smallest absolute Gasteiger partial charge is 0.0626 e. The van der Waals surface area contributed by atoms with Crippen molar-refractivity contribution in [3.05, 3.63) is 35.9 Å². The highest BCUT2D eigenvalue weighted by Crippen LogP contribution is 2.00. The Morgan fingerprint density at radius 3 is 3.15 bits per heavy atom. The lowest BCUT2D eigenvalue weighted by atomic mass is 10.1. The van der Waals surface area contributed by atoms with Crippen molar-refractivity contribution in [2.75, 3.05) is 6.54 Å². The van der Waals surface area contributed by atoms with Gasteiger partial charge in [0.1, 0.15) is 0 Å². The Morgan fingerprint density at radius 2 is 2.46 bits per heavy atom. The van der Waals surface area contributed by atoms with Gasteiger partial charge in [-0.15, -0.1) is 0 Å². The fraction of sp³-hybridized carbons (Fsp3) is 0.500. The molecule has 0 aliphatic heterocycles. The fourth-order valence-corrected chi connectivity index (χ4v) is 1.10. The molecule has 0 saturated carbocycles. The normalized spacial score (nSPS) is 14.8. The van der Waals surface area contributed by atoms with E-state index >= 15 is 0 Å². The summed E-state index contributed by atoms with van der Waals surface area (Å²) in [6.45, 7) is 4.19. The van der Waals surface area contributed by atoms with E-state index in [0.29, 0.717) is 18.9 Å². The molecule has 0 aliphatic rings. The van der Waals surface area contributed by atoms with Crippen molar-refractivity contribution < 1.29 is 2.74 Å².